The molecule has 0 aliphatic heterocycles. The maximum absolute atomic E-state index is 13.9. The molecule has 5 heteroatoms. The van der Waals surface area contributed by atoms with Crippen molar-refractivity contribution in [2.75, 3.05) is 17.2 Å². The van der Waals surface area contributed by atoms with Crippen LogP contribution in [0.4, 0.5) is 15.9 Å². The highest BCUT2D eigenvalue weighted by Gasteiger charge is 2.13. The lowest BCUT2D eigenvalue weighted by Crippen LogP contribution is -2.24. The lowest BCUT2D eigenvalue weighted by Gasteiger charge is -2.23. The van der Waals surface area contributed by atoms with Crippen LogP contribution in [-0.4, -0.2) is 11.5 Å². The molecule has 0 aliphatic carbocycles. The van der Waals surface area contributed by atoms with Crippen molar-refractivity contribution in [3.05, 3.63) is 52.4 Å². The molecule has 100 valence electrons. The third-order valence-electron chi connectivity index (χ3n) is 2.89. The Morgan fingerprint density at radius 1 is 1.37 bits per heavy atom. The van der Waals surface area contributed by atoms with E-state index in [4.69, 9.17) is 5.73 Å². The van der Waals surface area contributed by atoms with Gasteiger partial charge < -0.3 is 10.6 Å². The number of nitrogens with two attached hydrogens (primary N) is 1. The van der Waals surface area contributed by atoms with Gasteiger partial charge in [-0.05, 0) is 40.5 Å². The summed E-state index contributed by atoms with van der Waals surface area (Å²) in [5.74, 6) is -0.000296. The second kappa shape index (κ2) is 6.02. The molecule has 0 aliphatic rings. The number of hydrogen-bond acceptors (Lipinski definition) is 3. The predicted molar refractivity (Wildman–Crippen MR) is 79.5 cm³/mol. The number of benzene rings is 1. The number of halogens is 2. The molecule has 2 aromatic rings. The largest absolute Gasteiger partial charge is 0.398 e. The summed E-state index contributed by atoms with van der Waals surface area (Å²) in [7, 11) is 0. The van der Waals surface area contributed by atoms with Crippen LogP contribution in [0.15, 0.2) is 41.0 Å². The number of pyridine rings is 1. The van der Waals surface area contributed by atoms with E-state index in [1.165, 1.54) is 6.07 Å². The Hall–Kier alpha value is -1.62. The zero-order chi connectivity index (χ0) is 13.8. The average molecular weight is 324 g/mol. The smallest absolute Gasteiger partial charge is 0.166 e. The van der Waals surface area contributed by atoms with Crippen LogP contribution in [0, 0.1) is 5.82 Å². The maximum atomic E-state index is 13.9. The van der Waals surface area contributed by atoms with E-state index < -0.39 is 0 Å². The lowest BCUT2D eigenvalue weighted by molar-refractivity contribution is 0.608. The summed E-state index contributed by atoms with van der Waals surface area (Å²) in [5.41, 5.74) is 7.59. The van der Waals surface area contributed by atoms with Crippen LogP contribution < -0.4 is 10.6 Å². The van der Waals surface area contributed by atoms with Gasteiger partial charge in [0.05, 0.1) is 0 Å². The molecule has 19 heavy (non-hydrogen) atoms. The molecule has 0 amide bonds. The first kappa shape index (κ1) is 13.8. The van der Waals surface area contributed by atoms with Crippen LogP contribution in [0.5, 0.6) is 0 Å². The molecule has 3 nitrogen and oxygen atoms in total. The van der Waals surface area contributed by atoms with Gasteiger partial charge in [0.2, 0.25) is 0 Å². The lowest BCUT2D eigenvalue weighted by atomic mass is 10.1. The molecule has 0 saturated heterocycles. The predicted octanol–water partition coefficient (Wildman–Crippen LogP) is 3.59. The van der Waals surface area contributed by atoms with E-state index in [0.29, 0.717) is 29.1 Å². The van der Waals surface area contributed by atoms with Crippen LogP contribution >= 0.6 is 15.9 Å². The first-order chi connectivity index (χ1) is 9.11. The second-order valence-electron chi connectivity index (χ2n) is 4.17. The number of rotatable bonds is 4. The Labute approximate surface area is 120 Å². The fourth-order valence-electron chi connectivity index (χ4n) is 1.86. The molecule has 0 spiro atoms. The molecule has 0 saturated carbocycles. The van der Waals surface area contributed by atoms with E-state index in [1.54, 1.807) is 6.20 Å². The molecule has 0 atom stereocenters. The standard InChI is InChI=1S/C14H15BrFN3/c1-2-19(9-10-5-3-4-6-13(10)17)14-12(16)7-11(15)8-18-14/h3-8H,2,9,17H2,1H3. The summed E-state index contributed by atoms with van der Waals surface area (Å²) >= 11 is 3.20. The van der Waals surface area contributed by atoms with Crippen LogP contribution in [0.2, 0.25) is 0 Å². The average Bonchev–Trinajstić information content (AvgIpc) is 2.39. The monoisotopic (exact) mass is 323 g/mol. The Bertz CT molecular complexity index is 574. The molecule has 1 aromatic heterocycles. The maximum Gasteiger partial charge on any atom is 0.166 e. The Balaban J connectivity index is 2.28. The third-order valence-corrected chi connectivity index (χ3v) is 3.32. The van der Waals surface area contributed by atoms with Crippen molar-refractivity contribution in [1.29, 1.82) is 0 Å². The van der Waals surface area contributed by atoms with Gasteiger partial charge in [0.25, 0.3) is 0 Å². The molecule has 1 aromatic carbocycles. The van der Waals surface area contributed by atoms with Crippen LogP contribution in [0.25, 0.3) is 0 Å². The molecule has 2 N–H and O–H groups in total. The van der Waals surface area contributed by atoms with Crippen molar-refractivity contribution in [3.63, 3.8) is 0 Å². The SMILES string of the molecule is CCN(Cc1ccccc1N)c1ncc(Br)cc1F. The van der Waals surface area contributed by atoms with Gasteiger partial charge >= 0.3 is 0 Å². The first-order valence-corrected chi connectivity index (χ1v) is 6.80. The minimum atomic E-state index is -0.342. The summed E-state index contributed by atoms with van der Waals surface area (Å²) in [4.78, 5) is 5.99. The van der Waals surface area contributed by atoms with Crippen LogP contribution in [0.3, 0.4) is 0 Å². The number of anilines is 2. The van der Waals surface area contributed by atoms with Crippen molar-refractivity contribution in [2.24, 2.45) is 0 Å². The van der Waals surface area contributed by atoms with Crippen molar-refractivity contribution in [1.82, 2.24) is 4.98 Å². The zero-order valence-electron chi connectivity index (χ0n) is 10.6. The Kier molecular flexibility index (Phi) is 4.37. The minimum Gasteiger partial charge on any atom is -0.398 e. The molecule has 0 unspecified atom stereocenters. The van der Waals surface area contributed by atoms with E-state index in [0.717, 1.165) is 5.56 Å². The van der Waals surface area contributed by atoms with E-state index in [1.807, 2.05) is 36.1 Å². The van der Waals surface area contributed by atoms with Gasteiger partial charge in [-0.2, -0.15) is 0 Å². The quantitative estimate of drug-likeness (QED) is 0.874. The molecule has 0 bridgehead atoms. The van der Waals surface area contributed by atoms with Gasteiger partial charge in [-0.25, -0.2) is 9.37 Å². The van der Waals surface area contributed by atoms with E-state index in [2.05, 4.69) is 20.9 Å². The Morgan fingerprint density at radius 2 is 2.11 bits per heavy atom. The molecular formula is C14H15BrFN3. The van der Waals surface area contributed by atoms with Gasteiger partial charge in [0.1, 0.15) is 0 Å². The summed E-state index contributed by atoms with van der Waals surface area (Å²) in [6.45, 7) is 3.15. The van der Waals surface area contributed by atoms with Gasteiger partial charge in [0, 0.05) is 29.4 Å². The first-order valence-electron chi connectivity index (χ1n) is 6.01. The van der Waals surface area contributed by atoms with Crippen molar-refractivity contribution in [2.45, 2.75) is 13.5 Å². The fraction of sp³-hybridized carbons (Fsp3) is 0.214. The topological polar surface area (TPSA) is 42.1 Å². The number of aromatic nitrogens is 1. The van der Waals surface area contributed by atoms with Gasteiger partial charge in [-0.15, -0.1) is 0 Å². The van der Waals surface area contributed by atoms with E-state index >= 15 is 0 Å². The highest BCUT2D eigenvalue weighted by Crippen LogP contribution is 2.23. The molecular weight excluding hydrogens is 309 g/mol. The van der Waals surface area contributed by atoms with Crippen molar-refractivity contribution >= 4 is 27.4 Å². The van der Waals surface area contributed by atoms with Crippen LogP contribution in [-0.2, 0) is 6.54 Å². The van der Waals surface area contributed by atoms with Gasteiger partial charge in [0.15, 0.2) is 11.6 Å². The van der Waals surface area contributed by atoms with Crippen molar-refractivity contribution in [3.8, 4) is 0 Å². The van der Waals surface area contributed by atoms with Crippen LogP contribution in [0.1, 0.15) is 12.5 Å². The normalized spacial score (nSPS) is 10.5. The van der Waals surface area contributed by atoms with E-state index in [9.17, 15) is 4.39 Å². The molecule has 1 heterocycles. The summed E-state index contributed by atoms with van der Waals surface area (Å²) in [6.07, 6.45) is 1.59. The minimum absolute atomic E-state index is 0.342. The van der Waals surface area contributed by atoms with Crippen molar-refractivity contribution < 1.29 is 4.39 Å². The highest BCUT2D eigenvalue weighted by molar-refractivity contribution is 9.10. The summed E-state index contributed by atoms with van der Waals surface area (Å²) in [5, 5.41) is 0. The summed E-state index contributed by atoms with van der Waals surface area (Å²) < 4.78 is 14.6. The fourth-order valence-corrected chi connectivity index (χ4v) is 2.16. The number of nitrogens with zero attached hydrogens (tertiary/aromatic N) is 2. The molecule has 0 radical (unpaired) electrons. The van der Waals surface area contributed by atoms with Gasteiger partial charge in [-0.3, -0.25) is 0 Å². The second-order valence-corrected chi connectivity index (χ2v) is 5.09. The summed E-state index contributed by atoms with van der Waals surface area (Å²) in [6, 6.07) is 9.00. The Morgan fingerprint density at radius 3 is 2.74 bits per heavy atom. The number of hydrogen-bond donors (Lipinski definition) is 1. The van der Waals surface area contributed by atoms with E-state index in [-0.39, 0.29) is 5.82 Å². The molecule has 2 rings (SSSR count). The number of para-hydroxylation sites is 1. The van der Waals surface area contributed by atoms with Gasteiger partial charge in [-0.1, -0.05) is 18.2 Å². The number of nitrogen functional groups attached to an aromatic ring is 1. The highest BCUT2D eigenvalue weighted by atomic mass is 79.9. The zero-order valence-corrected chi connectivity index (χ0v) is 12.2. The molecule has 0 fully saturated rings. The third kappa shape index (κ3) is 3.23.